The molecule has 0 bridgehead atoms. The summed E-state index contributed by atoms with van der Waals surface area (Å²) in [6, 6.07) is 4.96. The second-order valence-corrected chi connectivity index (χ2v) is 3.61. The highest BCUT2D eigenvalue weighted by Crippen LogP contribution is 2.27. The van der Waals surface area contributed by atoms with Crippen LogP contribution in [0.15, 0.2) is 18.2 Å². The van der Waals surface area contributed by atoms with Gasteiger partial charge in [0, 0.05) is 17.1 Å². The molecular weight excluding hydrogens is 179 g/mol. The summed E-state index contributed by atoms with van der Waals surface area (Å²) in [6.45, 7) is 3.82. The lowest BCUT2D eigenvalue weighted by atomic mass is 10.1. The van der Waals surface area contributed by atoms with E-state index in [1.54, 1.807) is 6.07 Å². The molecule has 0 spiro atoms. The summed E-state index contributed by atoms with van der Waals surface area (Å²) in [4.78, 5) is 3.02. The van der Waals surface area contributed by atoms with Crippen LogP contribution in [0.25, 0.3) is 10.9 Å². The van der Waals surface area contributed by atoms with Crippen LogP contribution in [0.2, 0.25) is 0 Å². The molecule has 1 atom stereocenters. The van der Waals surface area contributed by atoms with Gasteiger partial charge in [-0.15, -0.1) is 0 Å². The smallest absolute Gasteiger partial charge is 0.147 e. The molecule has 0 aliphatic heterocycles. The first kappa shape index (κ1) is 9.21. The van der Waals surface area contributed by atoms with Crippen LogP contribution in [0.3, 0.4) is 0 Å². The van der Waals surface area contributed by atoms with Crippen molar-refractivity contribution in [2.45, 2.75) is 19.9 Å². The zero-order valence-electron chi connectivity index (χ0n) is 8.26. The molecule has 0 radical (unpaired) electrons. The van der Waals surface area contributed by atoms with Gasteiger partial charge >= 0.3 is 0 Å². The van der Waals surface area contributed by atoms with E-state index in [4.69, 9.17) is 5.73 Å². The minimum atomic E-state index is -0.225. The number of benzene rings is 1. The Bertz CT molecular complexity index is 471. The van der Waals surface area contributed by atoms with Gasteiger partial charge < -0.3 is 10.7 Å². The first-order valence-corrected chi connectivity index (χ1v) is 4.63. The molecule has 0 saturated heterocycles. The molecule has 0 fully saturated rings. The van der Waals surface area contributed by atoms with Gasteiger partial charge in [-0.05, 0) is 25.5 Å². The highest BCUT2D eigenvalue weighted by Gasteiger charge is 2.13. The third-order valence-electron chi connectivity index (χ3n) is 2.48. The monoisotopic (exact) mass is 192 g/mol. The fraction of sp³-hybridized carbons (Fsp3) is 0.273. The van der Waals surface area contributed by atoms with Crippen LogP contribution in [-0.2, 0) is 0 Å². The van der Waals surface area contributed by atoms with Crippen molar-refractivity contribution >= 4 is 10.9 Å². The summed E-state index contributed by atoms with van der Waals surface area (Å²) >= 11 is 0. The number of H-pyrrole nitrogens is 1. The van der Waals surface area contributed by atoms with Crippen LogP contribution in [0, 0.1) is 12.7 Å². The van der Waals surface area contributed by atoms with Crippen molar-refractivity contribution in [2.75, 3.05) is 0 Å². The zero-order valence-corrected chi connectivity index (χ0v) is 8.26. The number of aromatic nitrogens is 1. The van der Waals surface area contributed by atoms with E-state index in [0.29, 0.717) is 5.52 Å². The maximum Gasteiger partial charge on any atom is 0.147 e. The van der Waals surface area contributed by atoms with Crippen molar-refractivity contribution < 1.29 is 4.39 Å². The first-order chi connectivity index (χ1) is 6.61. The number of aromatic amines is 1. The number of aryl methyl sites for hydroxylation is 1. The Morgan fingerprint density at radius 2 is 2.14 bits per heavy atom. The molecular formula is C11H13FN2. The molecule has 1 heterocycles. The number of rotatable bonds is 1. The van der Waals surface area contributed by atoms with Gasteiger partial charge in [0.05, 0.1) is 5.52 Å². The van der Waals surface area contributed by atoms with Crippen LogP contribution < -0.4 is 5.73 Å². The van der Waals surface area contributed by atoms with E-state index in [9.17, 15) is 4.39 Å². The molecule has 0 saturated carbocycles. The molecule has 14 heavy (non-hydrogen) atoms. The quantitative estimate of drug-likeness (QED) is 0.716. The average Bonchev–Trinajstić information content (AvgIpc) is 2.42. The topological polar surface area (TPSA) is 41.8 Å². The molecule has 0 aliphatic rings. The van der Waals surface area contributed by atoms with E-state index in [2.05, 4.69) is 4.98 Å². The molecule has 2 rings (SSSR count). The lowest BCUT2D eigenvalue weighted by Crippen LogP contribution is -2.05. The Kier molecular flexibility index (Phi) is 2.04. The fourth-order valence-corrected chi connectivity index (χ4v) is 1.92. The summed E-state index contributed by atoms with van der Waals surface area (Å²) in [5.41, 5.74) is 8.33. The van der Waals surface area contributed by atoms with E-state index in [-0.39, 0.29) is 11.9 Å². The van der Waals surface area contributed by atoms with Crippen molar-refractivity contribution in [3.8, 4) is 0 Å². The zero-order chi connectivity index (χ0) is 10.3. The predicted molar refractivity (Wildman–Crippen MR) is 55.6 cm³/mol. The second kappa shape index (κ2) is 3.10. The normalized spacial score (nSPS) is 13.4. The van der Waals surface area contributed by atoms with Gasteiger partial charge in [0.1, 0.15) is 5.82 Å². The molecule has 3 N–H and O–H groups in total. The van der Waals surface area contributed by atoms with Crippen molar-refractivity contribution in [1.82, 2.24) is 4.98 Å². The standard InChI is InChI=1S/C11H13FN2/c1-6(13)10-7(2)14-11-8(10)4-3-5-9(11)12/h3-6,14H,13H2,1-2H3. The Morgan fingerprint density at radius 1 is 1.43 bits per heavy atom. The van der Waals surface area contributed by atoms with E-state index in [1.807, 2.05) is 19.9 Å². The molecule has 0 amide bonds. The summed E-state index contributed by atoms with van der Waals surface area (Å²) in [5, 5.41) is 0.887. The molecule has 1 aromatic carbocycles. The van der Waals surface area contributed by atoms with E-state index >= 15 is 0 Å². The molecule has 1 aromatic heterocycles. The van der Waals surface area contributed by atoms with Gasteiger partial charge in [0.15, 0.2) is 0 Å². The minimum Gasteiger partial charge on any atom is -0.356 e. The lowest BCUT2D eigenvalue weighted by molar-refractivity contribution is 0.637. The first-order valence-electron chi connectivity index (χ1n) is 4.63. The summed E-state index contributed by atoms with van der Waals surface area (Å²) in [5.74, 6) is -0.225. The maximum atomic E-state index is 13.4. The Hall–Kier alpha value is -1.35. The van der Waals surface area contributed by atoms with Gasteiger partial charge in [-0.2, -0.15) is 0 Å². The lowest BCUT2D eigenvalue weighted by Gasteiger charge is -2.04. The van der Waals surface area contributed by atoms with Gasteiger partial charge in [0.2, 0.25) is 0 Å². The molecule has 74 valence electrons. The van der Waals surface area contributed by atoms with Crippen molar-refractivity contribution in [3.63, 3.8) is 0 Å². The third-order valence-corrected chi connectivity index (χ3v) is 2.48. The van der Waals surface area contributed by atoms with Gasteiger partial charge in [-0.25, -0.2) is 4.39 Å². The SMILES string of the molecule is Cc1[nH]c2c(F)cccc2c1C(C)N. The summed E-state index contributed by atoms with van der Waals surface area (Å²) in [7, 11) is 0. The number of fused-ring (bicyclic) bond motifs is 1. The number of hydrogen-bond donors (Lipinski definition) is 2. The van der Waals surface area contributed by atoms with E-state index in [1.165, 1.54) is 6.07 Å². The van der Waals surface area contributed by atoms with E-state index in [0.717, 1.165) is 16.6 Å². The van der Waals surface area contributed by atoms with Crippen LogP contribution in [0.1, 0.15) is 24.2 Å². The number of hydrogen-bond acceptors (Lipinski definition) is 1. The van der Waals surface area contributed by atoms with Crippen molar-refractivity contribution in [2.24, 2.45) is 5.73 Å². The number of halogens is 1. The molecule has 2 aromatic rings. The van der Waals surface area contributed by atoms with Crippen LogP contribution >= 0.6 is 0 Å². The number of para-hydroxylation sites is 1. The Morgan fingerprint density at radius 3 is 2.79 bits per heavy atom. The minimum absolute atomic E-state index is 0.0782. The Labute approximate surface area is 81.9 Å². The van der Waals surface area contributed by atoms with Crippen LogP contribution in [-0.4, -0.2) is 4.98 Å². The highest BCUT2D eigenvalue weighted by molar-refractivity contribution is 5.85. The third kappa shape index (κ3) is 1.21. The van der Waals surface area contributed by atoms with Crippen molar-refractivity contribution in [3.05, 3.63) is 35.3 Å². The predicted octanol–water partition coefficient (Wildman–Crippen LogP) is 2.64. The number of nitrogens with two attached hydrogens (primary N) is 1. The summed E-state index contributed by atoms with van der Waals surface area (Å²) < 4.78 is 13.4. The van der Waals surface area contributed by atoms with Crippen molar-refractivity contribution in [1.29, 1.82) is 0 Å². The molecule has 1 unspecified atom stereocenters. The Balaban J connectivity index is 2.83. The van der Waals surface area contributed by atoms with Gasteiger partial charge in [-0.3, -0.25) is 0 Å². The van der Waals surface area contributed by atoms with Crippen LogP contribution in [0.4, 0.5) is 4.39 Å². The second-order valence-electron chi connectivity index (χ2n) is 3.61. The molecule has 2 nitrogen and oxygen atoms in total. The molecule has 0 aliphatic carbocycles. The highest BCUT2D eigenvalue weighted by atomic mass is 19.1. The molecule has 3 heteroatoms. The summed E-state index contributed by atoms with van der Waals surface area (Å²) in [6.07, 6.45) is 0. The van der Waals surface area contributed by atoms with E-state index < -0.39 is 0 Å². The van der Waals surface area contributed by atoms with Crippen LogP contribution in [0.5, 0.6) is 0 Å². The maximum absolute atomic E-state index is 13.4. The average molecular weight is 192 g/mol. The number of nitrogens with one attached hydrogen (secondary N) is 1. The van der Waals surface area contributed by atoms with Gasteiger partial charge in [-0.1, -0.05) is 12.1 Å². The largest absolute Gasteiger partial charge is 0.356 e. The fourth-order valence-electron chi connectivity index (χ4n) is 1.92. The van der Waals surface area contributed by atoms with Gasteiger partial charge in [0.25, 0.3) is 0 Å².